The van der Waals surface area contributed by atoms with Crippen LogP contribution in [0.1, 0.15) is 56.9 Å². The number of halogens is 1. The predicted octanol–water partition coefficient (Wildman–Crippen LogP) is 4.08. The molecule has 1 aliphatic heterocycles. The first-order valence-electron chi connectivity index (χ1n) is 12.6. The molecular weight excluding hydrogens is 453 g/mol. The molecule has 7 nitrogen and oxygen atoms in total. The standard InChI is InChI=1S/C25H32FN5O2S/c26-21-5-3-17(4-6-21)14-30(25-11-18-8-19(12-25)10-20(9-18)13-25)23(32)16-34-24-27-28-29-31(24)15-22-2-1-7-33-22/h3-6,18-20,22H,1-2,7-16H2. The van der Waals surface area contributed by atoms with Gasteiger partial charge in [-0.25, -0.2) is 9.07 Å². The van der Waals surface area contributed by atoms with Gasteiger partial charge in [0.15, 0.2) is 0 Å². The molecule has 2 aromatic rings. The summed E-state index contributed by atoms with van der Waals surface area (Å²) in [6.07, 6.45) is 9.51. The van der Waals surface area contributed by atoms with Crippen molar-refractivity contribution >= 4 is 17.7 Å². The second kappa shape index (κ2) is 9.22. The summed E-state index contributed by atoms with van der Waals surface area (Å²) in [5, 5.41) is 12.8. The van der Waals surface area contributed by atoms with Crippen LogP contribution in [0.2, 0.25) is 0 Å². The number of carbonyl (C=O) groups excluding carboxylic acids is 1. The topological polar surface area (TPSA) is 73.1 Å². The molecule has 1 atom stereocenters. The summed E-state index contributed by atoms with van der Waals surface area (Å²) in [4.78, 5) is 16.0. The maximum atomic E-state index is 13.8. The molecule has 1 unspecified atom stereocenters. The highest BCUT2D eigenvalue weighted by atomic mass is 32.2. The summed E-state index contributed by atoms with van der Waals surface area (Å²) in [6.45, 7) is 1.95. The third kappa shape index (κ3) is 4.49. The van der Waals surface area contributed by atoms with E-state index in [9.17, 15) is 9.18 Å². The van der Waals surface area contributed by atoms with Crippen LogP contribution in [0.4, 0.5) is 4.39 Å². The van der Waals surface area contributed by atoms with Gasteiger partial charge in [-0.15, -0.1) is 5.10 Å². The minimum atomic E-state index is -0.245. The highest BCUT2D eigenvalue weighted by Crippen LogP contribution is 2.58. The van der Waals surface area contributed by atoms with E-state index in [2.05, 4.69) is 20.4 Å². The lowest BCUT2D eigenvalue weighted by atomic mass is 9.52. The second-order valence-electron chi connectivity index (χ2n) is 10.8. The van der Waals surface area contributed by atoms with E-state index in [0.717, 1.165) is 62.0 Å². The number of hydrogen-bond acceptors (Lipinski definition) is 6. The number of thioether (sulfide) groups is 1. The largest absolute Gasteiger partial charge is 0.376 e. The van der Waals surface area contributed by atoms with Crippen molar-refractivity contribution in [2.24, 2.45) is 17.8 Å². The number of hydrogen-bond donors (Lipinski definition) is 0. The van der Waals surface area contributed by atoms with E-state index in [0.29, 0.717) is 24.0 Å². The van der Waals surface area contributed by atoms with Gasteiger partial charge < -0.3 is 9.64 Å². The van der Waals surface area contributed by atoms with Crippen molar-refractivity contribution in [3.05, 3.63) is 35.6 Å². The molecule has 34 heavy (non-hydrogen) atoms. The average Bonchev–Trinajstić information content (AvgIpc) is 3.48. The zero-order valence-corrected chi connectivity index (χ0v) is 20.3. The number of carbonyl (C=O) groups is 1. The summed E-state index contributed by atoms with van der Waals surface area (Å²) in [5.41, 5.74) is 0.920. The van der Waals surface area contributed by atoms with E-state index >= 15 is 0 Å². The number of amides is 1. The zero-order chi connectivity index (χ0) is 23.1. The smallest absolute Gasteiger partial charge is 0.233 e. The van der Waals surface area contributed by atoms with E-state index in [1.54, 1.807) is 4.68 Å². The van der Waals surface area contributed by atoms with Gasteiger partial charge in [-0.3, -0.25) is 4.79 Å². The number of rotatable bonds is 8. The quantitative estimate of drug-likeness (QED) is 0.525. The molecule has 7 rings (SSSR count). The van der Waals surface area contributed by atoms with Gasteiger partial charge in [-0.1, -0.05) is 23.9 Å². The third-order valence-corrected chi connectivity index (χ3v) is 9.30. The van der Waals surface area contributed by atoms with Crippen LogP contribution in [0.3, 0.4) is 0 Å². The lowest BCUT2D eigenvalue weighted by Gasteiger charge is -2.60. The normalized spacial score (nSPS) is 31.8. The summed E-state index contributed by atoms with van der Waals surface area (Å²) in [5.74, 6) is 2.39. The molecule has 0 radical (unpaired) electrons. The summed E-state index contributed by atoms with van der Waals surface area (Å²) >= 11 is 1.41. The maximum absolute atomic E-state index is 13.8. The Balaban J connectivity index is 1.20. The third-order valence-electron chi connectivity index (χ3n) is 8.36. The van der Waals surface area contributed by atoms with E-state index in [4.69, 9.17) is 4.74 Å². The van der Waals surface area contributed by atoms with Gasteiger partial charge in [0.2, 0.25) is 11.1 Å². The first-order valence-corrected chi connectivity index (χ1v) is 13.6. The first-order chi connectivity index (χ1) is 16.6. The maximum Gasteiger partial charge on any atom is 0.233 e. The molecule has 0 spiro atoms. The number of ether oxygens (including phenoxy) is 1. The Labute approximate surface area is 203 Å². The Morgan fingerprint density at radius 1 is 1.15 bits per heavy atom. The minimum Gasteiger partial charge on any atom is -0.376 e. The predicted molar refractivity (Wildman–Crippen MR) is 125 cm³/mol. The number of benzene rings is 1. The molecule has 1 amide bonds. The van der Waals surface area contributed by atoms with Crippen LogP contribution in [-0.4, -0.2) is 55.0 Å². The van der Waals surface area contributed by atoms with Gasteiger partial charge in [0.25, 0.3) is 0 Å². The van der Waals surface area contributed by atoms with Crippen molar-refractivity contribution in [3.8, 4) is 0 Å². The van der Waals surface area contributed by atoms with Crippen molar-refractivity contribution in [3.63, 3.8) is 0 Å². The van der Waals surface area contributed by atoms with Crippen molar-refractivity contribution < 1.29 is 13.9 Å². The van der Waals surface area contributed by atoms with Crippen LogP contribution >= 0.6 is 11.8 Å². The van der Waals surface area contributed by atoms with Crippen LogP contribution in [0.5, 0.6) is 0 Å². The molecule has 5 fully saturated rings. The fourth-order valence-electron chi connectivity index (χ4n) is 7.29. The molecule has 4 saturated carbocycles. The second-order valence-corrected chi connectivity index (χ2v) is 11.8. The van der Waals surface area contributed by atoms with Crippen LogP contribution in [0.15, 0.2) is 29.4 Å². The van der Waals surface area contributed by atoms with Crippen molar-refractivity contribution in [2.75, 3.05) is 12.4 Å². The van der Waals surface area contributed by atoms with E-state index in [1.807, 2.05) is 12.1 Å². The molecule has 4 bridgehead atoms. The highest BCUT2D eigenvalue weighted by molar-refractivity contribution is 7.99. The lowest BCUT2D eigenvalue weighted by Crippen LogP contribution is -2.61. The Bertz CT molecular complexity index is 987. The van der Waals surface area contributed by atoms with Gasteiger partial charge in [0, 0.05) is 18.7 Å². The van der Waals surface area contributed by atoms with Gasteiger partial charge in [0.05, 0.1) is 18.4 Å². The SMILES string of the molecule is O=C(CSc1nnnn1CC1CCCO1)N(Cc1ccc(F)cc1)C12CC3CC(CC(C3)C1)C2. The van der Waals surface area contributed by atoms with Gasteiger partial charge in [-0.2, -0.15) is 0 Å². The molecule has 4 aliphatic carbocycles. The molecule has 0 N–H and O–H groups in total. The van der Waals surface area contributed by atoms with Gasteiger partial charge >= 0.3 is 0 Å². The van der Waals surface area contributed by atoms with Gasteiger partial charge in [0.1, 0.15) is 5.82 Å². The summed E-state index contributed by atoms with van der Waals surface area (Å²) < 4.78 is 21.0. The molecule has 182 valence electrons. The van der Waals surface area contributed by atoms with Crippen LogP contribution in [0, 0.1) is 23.6 Å². The molecule has 1 aromatic carbocycles. The Morgan fingerprint density at radius 2 is 1.85 bits per heavy atom. The Kier molecular flexibility index (Phi) is 6.09. The van der Waals surface area contributed by atoms with Gasteiger partial charge in [-0.05, 0) is 97.2 Å². The Morgan fingerprint density at radius 3 is 2.50 bits per heavy atom. The summed E-state index contributed by atoms with van der Waals surface area (Å²) in [7, 11) is 0. The Hall–Kier alpha value is -2.00. The van der Waals surface area contributed by atoms with E-state index < -0.39 is 0 Å². The van der Waals surface area contributed by atoms with Crippen LogP contribution in [0.25, 0.3) is 0 Å². The van der Waals surface area contributed by atoms with Crippen LogP contribution < -0.4 is 0 Å². The van der Waals surface area contributed by atoms with Crippen molar-refractivity contribution in [1.82, 2.24) is 25.1 Å². The zero-order valence-electron chi connectivity index (χ0n) is 19.4. The molecule has 1 aromatic heterocycles. The van der Waals surface area contributed by atoms with Crippen molar-refractivity contribution in [1.29, 1.82) is 0 Å². The molecule has 1 saturated heterocycles. The first kappa shape index (κ1) is 22.5. The van der Waals surface area contributed by atoms with Crippen LogP contribution in [-0.2, 0) is 22.6 Å². The number of nitrogens with zero attached hydrogens (tertiary/aromatic N) is 5. The van der Waals surface area contributed by atoms with E-state index in [-0.39, 0.29) is 23.4 Å². The number of aromatic nitrogens is 4. The summed E-state index contributed by atoms with van der Waals surface area (Å²) in [6, 6.07) is 6.61. The average molecular weight is 486 g/mol. The fraction of sp³-hybridized carbons (Fsp3) is 0.680. The molecule has 9 heteroatoms. The molecule has 5 aliphatic rings. The fourth-order valence-corrected chi connectivity index (χ4v) is 8.05. The van der Waals surface area contributed by atoms with Crippen molar-refractivity contribution in [2.45, 2.75) is 81.3 Å². The molecular formula is C25H32FN5O2S. The minimum absolute atomic E-state index is 0.0651. The highest BCUT2D eigenvalue weighted by Gasteiger charge is 2.54. The number of tetrazole rings is 1. The van der Waals surface area contributed by atoms with E-state index in [1.165, 1.54) is 43.2 Å². The molecule has 2 heterocycles. The lowest BCUT2D eigenvalue weighted by molar-refractivity contribution is -0.149. The monoisotopic (exact) mass is 485 g/mol.